The third-order valence-corrected chi connectivity index (χ3v) is 5.75. The number of imidazole rings is 1. The largest absolute Gasteiger partial charge is 0.497 e. The van der Waals surface area contributed by atoms with Crippen LogP contribution in [-0.2, 0) is 17.9 Å². The molecule has 2 aromatic carbocycles. The molecule has 0 radical (unpaired) electrons. The Bertz CT molecular complexity index is 1290. The van der Waals surface area contributed by atoms with Gasteiger partial charge in [-0.15, -0.1) is 0 Å². The van der Waals surface area contributed by atoms with Gasteiger partial charge >= 0.3 is 0 Å². The van der Waals surface area contributed by atoms with Crippen molar-refractivity contribution in [3.05, 3.63) is 59.1 Å². The van der Waals surface area contributed by atoms with E-state index in [4.69, 9.17) is 21.9 Å². The molecule has 0 aliphatic rings. The van der Waals surface area contributed by atoms with Gasteiger partial charge in [0, 0.05) is 25.1 Å². The molecule has 8 nitrogen and oxygen atoms in total. The number of H-pyrrole nitrogens is 1. The van der Waals surface area contributed by atoms with E-state index in [-0.39, 0.29) is 18.4 Å². The smallest absolute Gasteiger partial charge is 0.222 e. The molecular formula is C23H26N6O2S. The number of hydrogen-bond donors (Lipinski definition) is 2. The normalized spacial score (nSPS) is 12.1. The first kappa shape index (κ1) is 21.8. The van der Waals surface area contributed by atoms with Crippen LogP contribution < -0.4 is 10.1 Å². The van der Waals surface area contributed by atoms with Gasteiger partial charge < -0.3 is 14.6 Å². The highest BCUT2D eigenvalue weighted by molar-refractivity contribution is 7.71. The molecule has 166 valence electrons. The second-order valence-electron chi connectivity index (χ2n) is 7.47. The van der Waals surface area contributed by atoms with Gasteiger partial charge in [0.2, 0.25) is 5.91 Å². The summed E-state index contributed by atoms with van der Waals surface area (Å²) in [4.78, 5) is 17.5. The van der Waals surface area contributed by atoms with E-state index < -0.39 is 0 Å². The number of benzene rings is 2. The lowest BCUT2D eigenvalue weighted by atomic mass is 10.2. The molecule has 9 heteroatoms. The minimum atomic E-state index is -0.215. The Labute approximate surface area is 191 Å². The maximum absolute atomic E-state index is 12.7. The Morgan fingerprint density at radius 3 is 2.66 bits per heavy atom. The standard InChI is InChI=1S/C23H26N6O2S/c1-4-28-19-8-6-5-7-18(19)25-21(28)15(2)24-20(30)13-14-29-22(26-27-23(29)32)16-9-11-17(31-3)12-10-16/h5-12,15H,4,13-14H2,1-3H3,(H,24,30)(H,27,32). The minimum absolute atomic E-state index is 0.0732. The van der Waals surface area contributed by atoms with Crippen LogP contribution in [0.5, 0.6) is 5.75 Å². The third kappa shape index (κ3) is 4.29. The quantitative estimate of drug-likeness (QED) is 0.392. The van der Waals surface area contributed by atoms with Gasteiger partial charge in [-0.2, -0.15) is 5.10 Å². The maximum atomic E-state index is 12.7. The number of para-hydroxylation sites is 2. The van der Waals surface area contributed by atoms with Crippen molar-refractivity contribution < 1.29 is 9.53 Å². The van der Waals surface area contributed by atoms with Gasteiger partial charge in [-0.3, -0.25) is 14.5 Å². The molecule has 0 bridgehead atoms. The first-order valence-corrected chi connectivity index (χ1v) is 11.0. The number of amides is 1. The fraction of sp³-hybridized carbons (Fsp3) is 0.304. The van der Waals surface area contributed by atoms with Crippen LogP contribution >= 0.6 is 12.2 Å². The molecule has 2 N–H and O–H groups in total. The Hall–Kier alpha value is -3.46. The summed E-state index contributed by atoms with van der Waals surface area (Å²) in [5.41, 5.74) is 2.89. The Morgan fingerprint density at radius 2 is 1.94 bits per heavy atom. The highest BCUT2D eigenvalue weighted by atomic mass is 32.1. The summed E-state index contributed by atoms with van der Waals surface area (Å²) in [7, 11) is 1.63. The first-order valence-electron chi connectivity index (χ1n) is 10.6. The third-order valence-electron chi connectivity index (χ3n) is 5.43. The van der Waals surface area contributed by atoms with Crippen molar-refractivity contribution in [2.75, 3.05) is 7.11 Å². The van der Waals surface area contributed by atoms with Gasteiger partial charge in [0.1, 0.15) is 11.6 Å². The summed E-state index contributed by atoms with van der Waals surface area (Å²) in [5.74, 6) is 2.23. The summed E-state index contributed by atoms with van der Waals surface area (Å²) in [6, 6.07) is 15.3. The lowest BCUT2D eigenvalue weighted by Gasteiger charge is -2.15. The number of methoxy groups -OCH3 is 1. The number of aromatic amines is 1. The fourth-order valence-corrected chi connectivity index (χ4v) is 4.06. The number of nitrogens with zero attached hydrogens (tertiary/aromatic N) is 4. The summed E-state index contributed by atoms with van der Waals surface area (Å²) >= 11 is 5.38. The van der Waals surface area contributed by atoms with Crippen molar-refractivity contribution in [1.82, 2.24) is 29.6 Å². The first-order chi connectivity index (χ1) is 15.5. The number of aryl methyl sites for hydroxylation is 1. The average molecular weight is 451 g/mol. The van der Waals surface area contributed by atoms with Crippen molar-refractivity contribution in [1.29, 1.82) is 0 Å². The van der Waals surface area contributed by atoms with Crippen LogP contribution in [0.15, 0.2) is 48.5 Å². The highest BCUT2D eigenvalue weighted by Crippen LogP contribution is 2.22. The molecule has 0 aliphatic carbocycles. The zero-order valence-corrected chi connectivity index (χ0v) is 19.1. The van der Waals surface area contributed by atoms with Gasteiger partial charge in [0.25, 0.3) is 0 Å². The van der Waals surface area contributed by atoms with Gasteiger partial charge in [-0.05, 0) is 62.5 Å². The van der Waals surface area contributed by atoms with E-state index >= 15 is 0 Å². The molecule has 2 aromatic heterocycles. The molecule has 0 spiro atoms. The van der Waals surface area contributed by atoms with E-state index in [0.717, 1.165) is 34.7 Å². The lowest BCUT2D eigenvalue weighted by molar-refractivity contribution is -0.122. The number of aromatic nitrogens is 5. The van der Waals surface area contributed by atoms with E-state index in [1.807, 2.05) is 60.0 Å². The molecule has 32 heavy (non-hydrogen) atoms. The number of ether oxygens (including phenoxy) is 1. The van der Waals surface area contributed by atoms with Crippen molar-refractivity contribution in [2.24, 2.45) is 0 Å². The van der Waals surface area contributed by atoms with Gasteiger partial charge in [0.15, 0.2) is 10.6 Å². The molecule has 2 heterocycles. The Balaban J connectivity index is 1.46. The van der Waals surface area contributed by atoms with E-state index in [9.17, 15) is 4.79 Å². The van der Waals surface area contributed by atoms with Gasteiger partial charge in [-0.25, -0.2) is 4.98 Å². The summed E-state index contributed by atoms with van der Waals surface area (Å²) in [5, 5.41) is 10.2. The average Bonchev–Trinajstić information content (AvgIpc) is 3.37. The molecule has 4 rings (SSSR count). The molecular weight excluding hydrogens is 424 g/mol. The molecule has 0 aliphatic heterocycles. The molecule has 0 fully saturated rings. The topological polar surface area (TPSA) is 89.8 Å². The zero-order chi connectivity index (χ0) is 22.7. The number of hydrogen-bond acceptors (Lipinski definition) is 5. The number of nitrogens with one attached hydrogen (secondary N) is 2. The predicted octanol–water partition coefficient (Wildman–Crippen LogP) is 4.25. The monoisotopic (exact) mass is 450 g/mol. The van der Waals surface area contributed by atoms with Crippen LogP contribution in [0.2, 0.25) is 0 Å². The van der Waals surface area contributed by atoms with Crippen molar-refractivity contribution in [2.45, 2.75) is 39.4 Å². The fourth-order valence-electron chi connectivity index (χ4n) is 3.83. The summed E-state index contributed by atoms with van der Waals surface area (Å²) < 4.78 is 9.66. The van der Waals surface area contributed by atoms with Crippen LogP contribution in [0.1, 0.15) is 32.1 Å². The van der Waals surface area contributed by atoms with Gasteiger partial charge in [0.05, 0.1) is 24.2 Å². The maximum Gasteiger partial charge on any atom is 0.222 e. The van der Waals surface area contributed by atoms with Crippen molar-refractivity contribution in [3.8, 4) is 17.1 Å². The van der Waals surface area contributed by atoms with E-state index in [1.165, 1.54) is 0 Å². The predicted molar refractivity (Wildman–Crippen MR) is 126 cm³/mol. The Kier molecular flexibility index (Phi) is 6.36. The molecule has 1 atom stereocenters. The van der Waals surface area contributed by atoms with Crippen LogP contribution in [0.4, 0.5) is 0 Å². The summed E-state index contributed by atoms with van der Waals surface area (Å²) in [6.45, 7) is 5.23. The zero-order valence-electron chi connectivity index (χ0n) is 18.3. The number of fused-ring (bicyclic) bond motifs is 1. The molecule has 4 aromatic rings. The number of carbonyl (C=O) groups is 1. The van der Waals surface area contributed by atoms with E-state index in [0.29, 0.717) is 17.1 Å². The molecule has 1 unspecified atom stereocenters. The molecule has 1 amide bonds. The summed E-state index contributed by atoms with van der Waals surface area (Å²) in [6.07, 6.45) is 0.272. The highest BCUT2D eigenvalue weighted by Gasteiger charge is 2.18. The second-order valence-corrected chi connectivity index (χ2v) is 7.86. The van der Waals surface area contributed by atoms with E-state index in [1.54, 1.807) is 7.11 Å². The minimum Gasteiger partial charge on any atom is -0.497 e. The second kappa shape index (κ2) is 9.35. The van der Waals surface area contributed by atoms with Crippen LogP contribution in [-0.4, -0.2) is 37.3 Å². The number of carbonyl (C=O) groups excluding carboxylic acids is 1. The molecule has 0 saturated heterocycles. The van der Waals surface area contributed by atoms with Crippen molar-refractivity contribution >= 4 is 29.2 Å². The van der Waals surface area contributed by atoms with Crippen molar-refractivity contribution in [3.63, 3.8) is 0 Å². The number of rotatable bonds is 8. The van der Waals surface area contributed by atoms with Gasteiger partial charge in [-0.1, -0.05) is 12.1 Å². The van der Waals surface area contributed by atoms with Crippen LogP contribution in [0.3, 0.4) is 0 Å². The SMILES string of the molecule is CCn1c(C(C)NC(=O)CCn2c(-c3ccc(OC)cc3)n[nH]c2=S)nc2ccccc21. The van der Waals surface area contributed by atoms with Crippen LogP contribution in [0.25, 0.3) is 22.4 Å². The van der Waals surface area contributed by atoms with E-state index in [2.05, 4.69) is 27.0 Å². The molecule has 0 saturated carbocycles. The lowest BCUT2D eigenvalue weighted by Crippen LogP contribution is -2.29. The van der Waals surface area contributed by atoms with Crippen LogP contribution in [0, 0.1) is 4.77 Å². The Morgan fingerprint density at radius 1 is 1.19 bits per heavy atom.